The number of carbonyl (C=O) groups excluding carboxylic acids is 1. The summed E-state index contributed by atoms with van der Waals surface area (Å²) in [6, 6.07) is 8.06. The fourth-order valence-corrected chi connectivity index (χ4v) is 2.36. The van der Waals surface area contributed by atoms with Crippen LogP contribution >= 0.6 is 0 Å². The number of amides is 1. The number of carboxylic acid groups (broad SMARTS) is 1. The molecule has 1 fully saturated rings. The van der Waals surface area contributed by atoms with Gasteiger partial charge in [0.15, 0.2) is 5.76 Å². The molecule has 0 spiro atoms. The molecule has 1 amide bonds. The number of benzene rings is 1. The highest BCUT2D eigenvalue weighted by Crippen LogP contribution is 2.19. The zero-order chi connectivity index (χ0) is 16.9. The highest BCUT2D eigenvalue weighted by molar-refractivity contribution is 6.03. The Bertz CT molecular complexity index is 715. The van der Waals surface area contributed by atoms with Crippen molar-refractivity contribution in [1.29, 1.82) is 0 Å². The zero-order valence-corrected chi connectivity index (χ0v) is 12.9. The molecular formula is C17H17NO6. The Kier molecular flexibility index (Phi) is 4.81. The minimum atomic E-state index is -1.15. The number of nitrogens with one attached hydrogen (secondary N) is 1. The normalized spacial score (nSPS) is 16.8. The molecule has 1 unspecified atom stereocenters. The zero-order valence-electron chi connectivity index (χ0n) is 12.9. The fraction of sp³-hybridized carbons (Fsp3) is 0.294. The molecule has 0 aliphatic carbocycles. The average molecular weight is 331 g/mol. The Morgan fingerprint density at radius 1 is 1.29 bits per heavy atom. The predicted octanol–water partition coefficient (Wildman–Crippen LogP) is 2.79. The molecule has 3 rings (SSSR count). The molecule has 7 nitrogen and oxygen atoms in total. The van der Waals surface area contributed by atoms with Gasteiger partial charge in [-0.2, -0.15) is 0 Å². The molecule has 0 bridgehead atoms. The maximum Gasteiger partial charge on any atom is 0.338 e. The van der Waals surface area contributed by atoms with Crippen molar-refractivity contribution in [2.75, 3.05) is 18.5 Å². The van der Waals surface area contributed by atoms with Gasteiger partial charge in [-0.05, 0) is 37.1 Å². The summed E-state index contributed by atoms with van der Waals surface area (Å²) in [6.45, 7) is 1.30. The Morgan fingerprint density at radius 3 is 2.71 bits per heavy atom. The summed E-state index contributed by atoms with van der Waals surface area (Å²) in [7, 11) is 0. The molecule has 1 aliphatic heterocycles. The van der Waals surface area contributed by atoms with Crippen LogP contribution in [0.4, 0.5) is 5.69 Å². The van der Waals surface area contributed by atoms with Crippen LogP contribution < -0.4 is 10.1 Å². The monoisotopic (exact) mass is 331 g/mol. The number of hydrogen-bond acceptors (Lipinski definition) is 5. The molecule has 1 aromatic heterocycles. The lowest BCUT2D eigenvalue weighted by molar-refractivity contribution is 0.0679. The molecule has 0 saturated carbocycles. The number of carboxylic acids is 1. The number of furan rings is 1. The SMILES string of the molecule is O=C(O)c1coc(C(=O)Nc2ccc(OCC3CCCO3)cc2)c1. The van der Waals surface area contributed by atoms with Crippen molar-refractivity contribution < 1.29 is 28.6 Å². The molecule has 1 aromatic carbocycles. The van der Waals surface area contributed by atoms with Crippen LogP contribution in [0.2, 0.25) is 0 Å². The molecule has 1 saturated heterocycles. The number of rotatable bonds is 6. The summed E-state index contributed by atoms with van der Waals surface area (Å²) in [5.41, 5.74) is 0.482. The molecule has 2 heterocycles. The Hall–Kier alpha value is -2.80. The highest BCUT2D eigenvalue weighted by Gasteiger charge is 2.16. The second-order valence-electron chi connectivity index (χ2n) is 5.43. The van der Waals surface area contributed by atoms with Crippen molar-refractivity contribution in [2.24, 2.45) is 0 Å². The van der Waals surface area contributed by atoms with E-state index in [-0.39, 0.29) is 17.4 Å². The van der Waals surface area contributed by atoms with Gasteiger partial charge in [0.05, 0.1) is 11.7 Å². The summed E-state index contributed by atoms with van der Waals surface area (Å²) in [4.78, 5) is 22.8. The number of carbonyl (C=O) groups is 2. The third kappa shape index (κ3) is 3.94. The Morgan fingerprint density at radius 2 is 2.08 bits per heavy atom. The summed E-state index contributed by atoms with van der Waals surface area (Å²) < 4.78 is 16.1. The van der Waals surface area contributed by atoms with Crippen molar-refractivity contribution in [3.8, 4) is 5.75 Å². The molecule has 0 radical (unpaired) electrons. The van der Waals surface area contributed by atoms with Crippen molar-refractivity contribution in [3.63, 3.8) is 0 Å². The lowest BCUT2D eigenvalue weighted by Crippen LogP contribution is -2.16. The average Bonchev–Trinajstić information content (AvgIpc) is 3.26. The van der Waals surface area contributed by atoms with E-state index in [0.29, 0.717) is 18.0 Å². The second-order valence-corrected chi connectivity index (χ2v) is 5.43. The lowest BCUT2D eigenvalue weighted by Gasteiger charge is -2.11. The van der Waals surface area contributed by atoms with E-state index in [4.69, 9.17) is 19.0 Å². The quantitative estimate of drug-likeness (QED) is 0.844. The van der Waals surface area contributed by atoms with E-state index in [2.05, 4.69) is 5.32 Å². The maximum absolute atomic E-state index is 12.0. The summed E-state index contributed by atoms with van der Waals surface area (Å²) in [5, 5.41) is 11.4. The van der Waals surface area contributed by atoms with Crippen LogP contribution in [0, 0.1) is 0 Å². The van der Waals surface area contributed by atoms with E-state index in [9.17, 15) is 9.59 Å². The molecule has 2 N–H and O–H groups in total. The third-order valence-corrected chi connectivity index (χ3v) is 3.64. The fourth-order valence-electron chi connectivity index (χ4n) is 2.36. The standard InChI is InChI=1S/C17H17NO6/c19-16(15-8-11(9-24-15)17(20)21)18-12-3-5-13(6-4-12)23-10-14-2-1-7-22-14/h3-6,8-9,14H,1-2,7,10H2,(H,18,19)(H,20,21). The van der Waals surface area contributed by atoms with Crippen LogP contribution in [0.3, 0.4) is 0 Å². The number of anilines is 1. The molecule has 1 atom stereocenters. The van der Waals surface area contributed by atoms with E-state index in [0.717, 1.165) is 25.7 Å². The van der Waals surface area contributed by atoms with Crippen molar-refractivity contribution in [2.45, 2.75) is 18.9 Å². The van der Waals surface area contributed by atoms with Gasteiger partial charge in [-0.25, -0.2) is 4.79 Å². The van der Waals surface area contributed by atoms with Crippen molar-refractivity contribution >= 4 is 17.6 Å². The van der Waals surface area contributed by atoms with Crippen LogP contribution in [-0.4, -0.2) is 36.3 Å². The van der Waals surface area contributed by atoms with E-state index < -0.39 is 11.9 Å². The van der Waals surface area contributed by atoms with Gasteiger partial charge in [-0.3, -0.25) is 4.79 Å². The minimum Gasteiger partial charge on any atom is -0.491 e. The first-order chi connectivity index (χ1) is 11.6. The first-order valence-corrected chi connectivity index (χ1v) is 7.59. The summed E-state index contributed by atoms with van der Waals surface area (Å²) in [5.74, 6) is -1.04. The molecule has 24 heavy (non-hydrogen) atoms. The predicted molar refractivity (Wildman–Crippen MR) is 84.5 cm³/mol. The van der Waals surface area contributed by atoms with E-state index in [1.54, 1.807) is 24.3 Å². The first kappa shape index (κ1) is 16.1. The Balaban J connectivity index is 1.54. The van der Waals surface area contributed by atoms with Crippen molar-refractivity contribution in [3.05, 3.63) is 47.9 Å². The van der Waals surface area contributed by atoms with E-state index in [1.807, 2.05) is 0 Å². The maximum atomic E-state index is 12.0. The lowest BCUT2D eigenvalue weighted by atomic mass is 10.2. The van der Waals surface area contributed by atoms with Crippen LogP contribution in [0.5, 0.6) is 5.75 Å². The number of aromatic carboxylic acids is 1. The molecule has 1 aliphatic rings. The number of hydrogen-bond donors (Lipinski definition) is 2. The molecule has 126 valence electrons. The first-order valence-electron chi connectivity index (χ1n) is 7.59. The van der Waals surface area contributed by atoms with Crippen LogP contribution in [-0.2, 0) is 4.74 Å². The third-order valence-electron chi connectivity index (χ3n) is 3.64. The van der Waals surface area contributed by atoms with Crippen LogP contribution in [0.1, 0.15) is 33.8 Å². The van der Waals surface area contributed by atoms with Gasteiger partial charge < -0.3 is 24.3 Å². The van der Waals surface area contributed by atoms with Gasteiger partial charge in [0, 0.05) is 18.4 Å². The molecule has 7 heteroatoms. The van der Waals surface area contributed by atoms with Gasteiger partial charge in [-0.1, -0.05) is 0 Å². The minimum absolute atomic E-state index is 0.0638. The molecule has 2 aromatic rings. The highest BCUT2D eigenvalue weighted by atomic mass is 16.5. The van der Waals surface area contributed by atoms with Gasteiger partial charge in [0.2, 0.25) is 0 Å². The van der Waals surface area contributed by atoms with Gasteiger partial charge >= 0.3 is 5.97 Å². The van der Waals surface area contributed by atoms with E-state index in [1.165, 1.54) is 6.07 Å². The van der Waals surface area contributed by atoms with Crippen LogP contribution in [0.15, 0.2) is 41.0 Å². The van der Waals surface area contributed by atoms with Crippen LogP contribution in [0.25, 0.3) is 0 Å². The summed E-state index contributed by atoms with van der Waals surface area (Å²) >= 11 is 0. The van der Waals surface area contributed by atoms with Gasteiger partial charge in [0.1, 0.15) is 18.6 Å². The van der Waals surface area contributed by atoms with Gasteiger partial charge in [0.25, 0.3) is 5.91 Å². The van der Waals surface area contributed by atoms with Crippen molar-refractivity contribution in [1.82, 2.24) is 0 Å². The molecular weight excluding hydrogens is 314 g/mol. The smallest absolute Gasteiger partial charge is 0.338 e. The Labute approximate surface area is 138 Å². The summed E-state index contributed by atoms with van der Waals surface area (Å²) in [6.07, 6.45) is 3.25. The van der Waals surface area contributed by atoms with E-state index >= 15 is 0 Å². The largest absolute Gasteiger partial charge is 0.491 e. The van der Waals surface area contributed by atoms with Gasteiger partial charge in [-0.15, -0.1) is 0 Å². The second kappa shape index (κ2) is 7.18. The topological polar surface area (TPSA) is 98.0 Å². The number of ether oxygens (including phenoxy) is 2.